The van der Waals surface area contributed by atoms with Crippen molar-refractivity contribution in [3.63, 3.8) is 0 Å². The second kappa shape index (κ2) is 8.86. The number of halogens is 1. The van der Waals surface area contributed by atoms with E-state index in [9.17, 15) is 9.18 Å². The molecule has 1 heterocycles. The molecule has 1 amide bonds. The Labute approximate surface area is 159 Å². The van der Waals surface area contributed by atoms with Crippen molar-refractivity contribution in [1.29, 1.82) is 0 Å². The summed E-state index contributed by atoms with van der Waals surface area (Å²) in [5, 5.41) is 0. The molecular weight excluding hydrogens is 347 g/mol. The van der Waals surface area contributed by atoms with Crippen LogP contribution in [-0.2, 0) is 17.8 Å². The highest BCUT2D eigenvalue weighted by molar-refractivity contribution is 5.79. The Balaban J connectivity index is 1.50. The molecule has 0 saturated carbocycles. The Morgan fingerprint density at radius 3 is 2.44 bits per heavy atom. The lowest BCUT2D eigenvalue weighted by molar-refractivity contribution is -0.132. The molecule has 5 nitrogen and oxygen atoms in total. The fourth-order valence-electron chi connectivity index (χ4n) is 3.29. The highest BCUT2D eigenvalue weighted by atomic mass is 19.1. The van der Waals surface area contributed by atoms with Gasteiger partial charge in [-0.1, -0.05) is 18.2 Å². The van der Waals surface area contributed by atoms with Crippen molar-refractivity contribution in [1.82, 2.24) is 9.80 Å². The minimum atomic E-state index is -0.345. The summed E-state index contributed by atoms with van der Waals surface area (Å²) >= 11 is 0. The molecule has 0 atom stereocenters. The summed E-state index contributed by atoms with van der Waals surface area (Å²) in [4.78, 5) is 16.7. The lowest BCUT2D eigenvalue weighted by atomic mass is 10.1. The lowest BCUT2D eigenvalue weighted by Gasteiger charge is -2.35. The average Bonchev–Trinajstić information content (AvgIpc) is 2.69. The number of carbonyl (C=O) groups excluding carboxylic acids is 1. The Morgan fingerprint density at radius 1 is 1.00 bits per heavy atom. The second-order valence-electron chi connectivity index (χ2n) is 6.65. The van der Waals surface area contributed by atoms with Crippen molar-refractivity contribution >= 4 is 5.91 Å². The van der Waals surface area contributed by atoms with E-state index in [-0.39, 0.29) is 17.5 Å². The maximum Gasteiger partial charge on any atom is 0.227 e. The highest BCUT2D eigenvalue weighted by Crippen LogP contribution is 2.19. The Kier molecular flexibility index (Phi) is 6.29. The molecule has 0 aromatic heterocycles. The molecule has 0 bridgehead atoms. The van der Waals surface area contributed by atoms with Crippen LogP contribution in [0.5, 0.6) is 11.5 Å². The van der Waals surface area contributed by atoms with Crippen molar-refractivity contribution in [2.24, 2.45) is 0 Å². The van der Waals surface area contributed by atoms with Gasteiger partial charge in [-0.25, -0.2) is 4.39 Å². The van der Waals surface area contributed by atoms with Crippen LogP contribution in [0.15, 0.2) is 42.5 Å². The molecular formula is C21H25FN2O3. The van der Waals surface area contributed by atoms with Crippen molar-refractivity contribution in [2.45, 2.75) is 13.0 Å². The number of carbonyl (C=O) groups is 1. The minimum absolute atomic E-state index is 0.124. The smallest absolute Gasteiger partial charge is 0.227 e. The largest absolute Gasteiger partial charge is 0.497 e. The SMILES string of the molecule is COc1cccc(CC(=O)N2CCN(Cc3ccc(OC)c(F)c3)CC2)c1. The van der Waals surface area contributed by atoms with Crippen LogP contribution in [0.25, 0.3) is 0 Å². The molecule has 27 heavy (non-hydrogen) atoms. The second-order valence-corrected chi connectivity index (χ2v) is 6.65. The van der Waals surface area contributed by atoms with Crippen molar-refractivity contribution in [3.8, 4) is 11.5 Å². The Morgan fingerprint density at radius 2 is 1.78 bits per heavy atom. The summed E-state index contributed by atoms with van der Waals surface area (Å²) in [5.74, 6) is 0.795. The number of methoxy groups -OCH3 is 2. The first kappa shape index (κ1) is 19.2. The fraction of sp³-hybridized carbons (Fsp3) is 0.381. The molecule has 1 saturated heterocycles. The van der Waals surface area contributed by atoms with E-state index in [0.717, 1.165) is 30.0 Å². The van der Waals surface area contributed by atoms with Crippen molar-refractivity contribution in [2.75, 3.05) is 40.4 Å². The normalized spacial score (nSPS) is 14.9. The van der Waals surface area contributed by atoms with Gasteiger partial charge in [0, 0.05) is 32.7 Å². The number of hydrogen-bond acceptors (Lipinski definition) is 4. The fourth-order valence-corrected chi connectivity index (χ4v) is 3.29. The molecule has 0 radical (unpaired) electrons. The van der Waals surface area contributed by atoms with Gasteiger partial charge in [0.1, 0.15) is 5.75 Å². The lowest BCUT2D eigenvalue weighted by Crippen LogP contribution is -2.48. The molecule has 0 aliphatic carbocycles. The summed E-state index contributed by atoms with van der Waals surface area (Å²) < 4.78 is 24.0. The molecule has 1 fully saturated rings. The predicted octanol–water partition coefficient (Wildman–Crippen LogP) is 2.73. The van der Waals surface area contributed by atoms with Crippen LogP contribution in [0.2, 0.25) is 0 Å². The van der Waals surface area contributed by atoms with E-state index in [0.29, 0.717) is 26.1 Å². The number of nitrogens with zero attached hydrogens (tertiary/aromatic N) is 2. The third kappa shape index (κ3) is 4.98. The summed E-state index contributed by atoms with van der Waals surface area (Å²) in [6.07, 6.45) is 0.376. The number of benzene rings is 2. The summed E-state index contributed by atoms with van der Waals surface area (Å²) in [7, 11) is 3.08. The van der Waals surface area contributed by atoms with Crippen LogP contribution in [-0.4, -0.2) is 56.1 Å². The van der Waals surface area contributed by atoms with Gasteiger partial charge in [0.05, 0.1) is 20.6 Å². The first-order valence-electron chi connectivity index (χ1n) is 9.04. The van der Waals surface area contributed by atoms with Crippen molar-refractivity contribution < 1.29 is 18.7 Å². The summed E-state index contributed by atoms with van der Waals surface area (Å²) in [6, 6.07) is 12.6. The van der Waals surface area contributed by atoms with E-state index in [1.165, 1.54) is 13.2 Å². The van der Waals surface area contributed by atoms with Crippen molar-refractivity contribution in [3.05, 3.63) is 59.4 Å². The molecule has 0 N–H and O–H groups in total. The third-order valence-corrected chi connectivity index (χ3v) is 4.84. The zero-order chi connectivity index (χ0) is 19.2. The van der Waals surface area contributed by atoms with E-state index in [1.807, 2.05) is 35.2 Å². The zero-order valence-electron chi connectivity index (χ0n) is 15.8. The van der Waals surface area contributed by atoms with Crippen LogP contribution in [0.1, 0.15) is 11.1 Å². The molecule has 144 valence electrons. The Hall–Kier alpha value is -2.60. The van der Waals surface area contributed by atoms with Crippen LogP contribution in [0.3, 0.4) is 0 Å². The van der Waals surface area contributed by atoms with E-state index in [4.69, 9.17) is 9.47 Å². The van der Waals surface area contributed by atoms with Gasteiger partial charge in [-0.3, -0.25) is 9.69 Å². The van der Waals surface area contributed by atoms with E-state index in [1.54, 1.807) is 13.2 Å². The number of amides is 1. The van der Waals surface area contributed by atoms with E-state index >= 15 is 0 Å². The van der Waals surface area contributed by atoms with Crippen LogP contribution >= 0.6 is 0 Å². The number of piperazine rings is 1. The van der Waals surface area contributed by atoms with Gasteiger partial charge in [0.15, 0.2) is 11.6 Å². The van der Waals surface area contributed by atoms with Gasteiger partial charge in [-0.05, 0) is 35.4 Å². The first-order chi connectivity index (χ1) is 13.1. The average molecular weight is 372 g/mol. The van der Waals surface area contributed by atoms with Crippen LogP contribution < -0.4 is 9.47 Å². The molecule has 0 unspecified atom stereocenters. The van der Waals surface area contributed by atoms with Gasteiger partial charge in [0.2, 0.25) is 5.91 Å². The summed E-state index contributed by atoms with van der Waals surface area (Å²) in [5.41, 5.74) is 1.86. The molecule has 3 rings (SSSR count). The maximum absolute atomic E-state index is 13.8. The maximum atomic E-state index is 13.8. The van der Waals surface area contributed by atoms with Crippen LogP contribution in [0, 0.1) is 5.82 Å². The van der Waals surface area contributed by atoms with Gasteiger partial charge in [-0.15, -0.1) is 0 Å². The van der Waals surface area contributed by atoms with Gasteiger partial charge in [-0.2, -0.15) is 0 Å². The molecule has 6 heteroatoms. The molecule has 2 aromatic rings. The third-order valence-electron chi connectivity index (χ3n) is 4.84. The Bertz CT molecular complexity index is 789. The molecule has 2 aromatic carbocycles. The standard InChI is InChI=1S/C21H25FN2O3/c1-26-18-5-3-4-16(12-18)14-21(25)24-10-8-23(9-11-24)15-17-6-7-20(27-2)19(22)13-17/h3-7,12-13H,8-11,14-15H2,1-2H3. The summed E-state index contributed by atoms with van der Waals surface area (Å²) in [6.45, 7) is 3.58. The molecule has 1 aliphatic heterocycles. The van der Waals surface area contributed by atoms with E-state index in [2.05, 4.69) is 4.90 Å². The molecule has 1 aliphatic rings. The monoisotopic (exact) mass is 372 g/mol. The van der Waals surface area contributed by atoms with Crippen LogP contribution in [0.4, 0.5) is 4.39 Å². The zero-order valence-corrected chi connectivity index (χ0v) is 15.8. The minimum Gasteiger partial charge on any atom is -0.497 e. The number of ether oxygens (including phenoxy) is 2. The van der Waals surface area contributed by atoms with Gasteiger partial charge >= 0.3 is 0 Å². The number of hydrogen-bond donors (Lipinski definition) is 0. The van der Waals surface area contributed by atoms with Gasteiger partial charge in [0.25, 0.3) is 0 Å². The highest BCUT2D eigenvalue weighted by Gasteiger charge is 2.21. The quantitative estimate of drug-likeness (QED) is 0.782. The first-order valence-corrected chi connectivity index (χ1v) is 9.04. The molecule has 0 spiro atoms. The predicted molar refractivity (Wildman–Crippen MR) is 102 cm³/mol. The van der Waals surface area contributed by atoms with E-state index < -0.39 is 0 Å². The number of rotatable bonds is 6. The van der Waals surface area contributed by atoms with Gasteiger partial charge < -0.3 is 14.4 Å². The topological polar surface area (TPSA) is 42.0 Å².